The number of hydrogen-bond acceptors (Lipinski definition) is 3. The molecular formula is C21H26F2N4O2. The van der Waals surface area contributed by atoms with Gasteiger partial charge in [-0.1, -0.05) is 24.3 Å². The molecule has 6 nitrogen and oxygen atoms in total. The fourth-order valence-corrected chi connectivity index (χ4v) is 2.49. The minimum absolute atomic E-state index is 0.145. The summed E-state index contributed by atoms with van der Waals surface area (Å²) in [6.07, 6.45) is -0.0844. The number of benzene rings is 2. The maximum absolute atomic E-state index is 13.6. The smallest absolute Gasteiger partial charge is 0.224 e. The maximum atomic E-state index is 13.6. The highest BCUT2D eigenvalue weighted by molar-refractivity contribution is 5.80. The van der Waals surface area contributed by atoms with Crippen LogP contribution in [0.15, 0.2) is 53.5 Å². The topological polar surface area (TPSA) is 74.8 Å². The largest absolute Gasteiger partial charge is 0.486 e. The lowest BCUT2D eigenvalue weighted by molar-refractivity contribution is -0.120. The van der Waals surface area contributed by atoms with Gasteiger partial charge in [0.05, 0.1) is 13.0 Å². The molecule has 0 radical (unpaired) electrons. The van der Waals surface area contributed by atoms with Gasteiger partial charge in [-0.15, -0.1) is 0 Å². The predicted molar refractivity (Wildman–Crippen MR) is 109 cm³/mol. The summed E-state index contributed by atoms with van der Waals surface area (Å²) in [6.45, 7) is 3.12. The van der Waals surface area contributed by atoms with E-state index < -0.39 is 5.82 Å². The van der Waals surface area contributed by atoms with Crippen molar-refractivity contribution in [2.45, 2.75) is 19.4 Å². The molecule has 0 fully saturated rings. The summed E-state index contributed by atoms with van der Waals surface area (Å²) < 4.78 is 32.0. The molecule has 0 saturated carbocycles. The first-order chi connectivity index (χ1) is 14.0. The van der Waals surface area contributed by atoms with Crippen LogP contribution in [0.25, 0.3) is 0 Å². The molecule has 0 spiro atoms. The molecular weight excluding hydrogens is 378 g/mol. The summed E-state index contributed by atoms with van der Waals surface area (Å²) in [5.41, 5.74) is 0.748. The minimum atomic E-state index is -0.404. The van der Waals surface area contributed by atoms with Gasteiger partial charge in [0.1, 0.15) is 11.9 Å². The molecule has 3 N–H and O–H groups in total. The number of amides is 1. The van der Waals surface area contributed by atoms with Crippen LogP contribution in [0.5, 0.6) is 5.75 Å². The third-order valence-electron chi connectivity index (χ3n) is 3.96. The molecule has 0 bridgehead atoms. The molecule has 0 heterocycles. The Hall–Kier alpha value is -3.16. The second-order valence-electron chi connectivity index (χ2n) is 6.39. The van der Waals surface area contributed by atoms with Gasteiger partial charge >= 0.3 is 0 Å². The lowest BCUT2D eigenvalue weighted by Crippen LogP contribution is -2.44. The summed E-state index contributed by atoms with van der Waals surface area (Å²) in [7, 11) is 1.63. The normalized spacial score (nSPS) is 12.2. The van der Waals surface area contributed by atoms with Crippen LogP contribution in [-0.4, -0.2) is 44.7 Å². The zero-order valence-corrected chi connectivity index (χ0v) is 16.5. The number of para-hydroxylation sites is 1. The van der Waals surface area contributed by atoms with Crippen molar-refractivity contribution in [1.29, 1.82) is 0 Å². The molecule has 1 unspecified atom stereocenters. The molecule has 156 valence electrons. The van der Waals surface area contributed by atoms with Crippen molar-refractivity contribution in [2.24, 2.45) is 4.99 Å². The van der Waals surface area contributed by atoms with E-state index in [1.807, 2.05) is 6.92 Å². The highest BCUT2D eigenvalue weighted by atomic mass is 19.1. The fraction of sp³-hybridized carbons (Fsp3) is 0.333. The van der Waals surface area contributed by atoms with E-state index in [2.05, 4.69) is 20.9 Å². The average molecular weight is 404 g/mol. The Morgan fingerprint density at radius 3 is 2.41 bits per heavy atom. The Labute approximate surface area is 169 Å². The lowest BCUT2D eigenvalue weighted by Gasteiger charge is -2.18. The molecule has 0 aliphatic heterocycles. The molecule has 0 aliphatic rings. The summed E-state index contributed by atoms with van der Waals surface area (Å²) in [5, 5.41) is 8.94. The van der Waals surface area contributed by atoms with Crippen molar-refractivity contribution in [2.75, 3.05) is 26.7 Å². The SMILES string of the molecule is CN=C(NCCNC(=O)Cc1ccc(F)cc1)NCC(C)Oc1ccccc1F. The zero-order chi connectivity index (χ0) is 21.1. The summed E-state index contributed by atoms with van der Waals surface area (Å²) in [5.74, 6) is -0.132. The van der Waals surface area contributed by atoms with Gasteiger partial charge in [-0.2, -0.15) is 0 Å². The molecule has 2 rings (SSSR count). The van der Waals surface area contributed by atoms with E-state index >= 15 is 0 Å². The quantitative estimate of drug-likeness (QED) is 0.341. The molecule has 29 heavy (non-hydrogen) atoms. The number of ether oxygens (including phenoxy) is 1. The predicted octanol–water partition coefficient (Wildman–Crippen LogP) is 2.26. The zero-order valence-electron chi connectivity index (χ0n) is 16.5. The van der Waals surface area contributed by atoms with Gasteiger partial charge in [-0.25, -0.2) is 8.78 Å². The van der Waals surface area contributed by atoms with Crippen LogP contribution in [0.1, 0.15) is 12.5 Å². The molecule has 0 aliphatic carbocycles. The lowest BCUT2D eigenvalue weighted by atomic mass is 10.1. The molecule has 0 aromatic heterocycles. The van der Waals surface area contributed by atoms with Crippen LogP contribution < -0.4 is 20.7 Å². The monoisotopic (exact) mass is 404 g/mol. The Balaban J connectivity index is 1.63. The van der Waals surface area contributed by atoms with Crippen LogP contribution in [0.3, 0.4) is 0 Å². The molecule has 1 amide bonds. The van der Waals surface area contributed by atoms with E-state index in [4.69, 9.17) is 4.74 Å². The van der Waals surface area contributed by atoms with E-state index in [9.17, 15) is 13.6 Å². The minimum Gasteiger partial charge on any atom is -0.486 e. The van der Waals surface area contributed by atoms with Gasteiger partial charge in [-0.3, -0.25) is 9.79 Å². The van der Waals surface area contributed by atoms with Gasteiger partial charge in [0, 0.05) is 20.1 Å². The van der Waals surface area contributed by atoms with Gasteiger partial charge in [0.2, 0.25) is 5.91 Å². The second kappa shape index (κ2) is 11.6. The van der Waals surface area contributed by atoms with Crippen molar-refractivity contribution >= 4 is 11.9 Å². The third kappa shape index (κ3) is 8.16. The number of nitrogens with one attached hydrogen (secondary N) is 3. The summed E-state index contributed by atoms with van der Waals surface area (Å²) >= 11 is 0. The van der Waals surface area contributed by atoms with Crippen molar-refractivity contribution in [3.8, 4) is 5.75 Å². The van der Waals surface area contributed by atoms with Crippen LogP contribution in [0.2, 0.25) is 0 Å². The molecule has 0 saturated heterocycles. The molecule has 8 heteroatoms. The number of aliphatic imine (C=N–C) groups is 1. The highest BCUT2D eigenvalue weighted by Gasteiger charge is 2.09. The van der Waals surface area contributed by atoms with Gasteiger partial charge in [0.15, 0.2) is 17.5 Å². The third-order valence-corrected chi connectivity index (χ3v) is 3.96. The van der Waals surface area contributed by atoms with Crippen molar-refractivity contribution in [1.82, 2.24) is 16.0 Å². The number of carbonyl (C=O) groups is 1. The average Bonchev–Trinajstić information content (AvgIpc) is 2.71. The Kier molecular flexibility index (Phi) is 8.88. The Bertz CT molecular complexity index is 813. The van der Waals surface area contributed by atoms with E-state index in [1.165, 1.54) is 18.2 Å². The van der Waals surface area contributed by atoms with Crippen LogP contribution in [0, 0.1) is 11.6 Å². The molecule has 2 aromatic rings. The number of halogens is 2. The van der Waals surface area contributed by atoms with Crippen molar-refractivity contribution in [3.05, 3.63) is 65.7 Å². The number of hydrogen-bond donors (Lipinski definition) is 3. The number of nitrogens with zero attached hydrogens (tertiary/aromatic N) is 1. The van der Waals surface area contributed by atoms with E-state index in [0.717, 1.165) is 5.56 Å². The highest BCUT2D eigenvalue weighted by Crippen LogP contribution is 2.16. The number of carbonyl (C=O) groups excluding carboxylic acids is 1. The van der Waals surface area contributed by atoms with Gasteiger partial charge in [-0.05, 0) is 36.8 Å². The first-order valence-corrected chi connectivity index (χ1v) is 9.34. The van der Waals surface area contributed by atoms with Crippen molar-refractivity contribution < 1.29 is 18.3 Å². The Morgan fingerprint density at radius 1 is 1.03 bits per heavy atom. The van der Waals surface area contributed by atoms with Crippen LogP contribution >= 0.6 is 0 Å². The van der Waals surface area contributed by atoms with E-state index in [1.54, 1.807) is 37.4 Å². The fourth-order valence-electron chi connectivity index (χ4n) is 2.49. The van der Waals surface area contributed by atoms with Gasteiger partial charge < -0.3 is 20.7 Å². The summed E-state index contributed by atoms with van der Waals surface area (Å²) in [4.78, 5) is 16.0. The maximum Gasteiger partial charge on any atom is 0.224 e. The van der Waals surface area contributed by atoms with E-state index in [-0.39, 0.29) is 30.0 Å². The standard InChI is InChI=1S/C21H26F2N4O2/c1-15(29-19-6-4-3-5-18(19)23)14-27-21(24-2)26-12-11-25-20(28)13-16-7-9-17(22)10-8-16/h3-10,15H,11-14H2,1-2H3,(H,25,28)(H2,24,26,27). The summed E-state index contributed by atoms with van der Waals surface area (Å²) in [6, 6.07) is 12.1. The van der Waals surface area contributed by atoms with Crippen LogP contribution in [0.4, 0.5) is 8.78 Å². The Morgan fingerprint density at radius 2 is 1.72 bits per heavy atom. The number of guanidine groups is 1. The first kappa shape index (κ1) is 22.1. The first-order valence-electron chi connectivity index (χ1n) is 9.34. The van der Waals surface area contributed by atoms with Crippen molar-refractivity contribution in [3.63, 3.8) is 0 Å². The second-order valence-corrected chi connectivity index (χ2v) is 6.39. The van der Waals surface area contributed by atoms with Gasteiger partial charge in [0.25, 0.3) is 0 Å². The molecule has 1 atom stereocenters. The number of rotatable bonds is 9. The molecule has 2 aromatic carbocycles. The van der Waals surface area contributed by atoms with E-state index in [0.29, 0.717) is 25.6 Å². The van der Waals surface area contributed by atoms with Crippen LogP contribution in [-0.2, 0) is 11.2 Å².